The van der Waals surface area contributed by atoms with Crippen molar-refractivity contribution < 1.29 is 19.0 Å². The van der Waals surface area contributed by atoms with Crippen molar-refractivity contribution in [2.75, 3.05) is 26.3 Å². The number of carbonyl (C=O) groups is 1. The van der Waals surface area contributed by atoms with Gasteiger partial charge in [-0.2, -0.15) is 0 Å². The van der Waals surface area contributed by atoms with E-state index in [4.69, 9.17) is 14.2 Å². The van der Waals surface area contributed by atoms with E-state index in [1.54, 1.807) is 4.90 Å². The van der Waals surface area contributed by atoms with Crippen LogP contribution in [0.3, 0.4) is 0 Å². The molecule has 0 spiro atoms. The fourth-order valence-electron chi connectivity index (χ4n) is 2.56. The summed E-state index contributed by atoms with van der Waals surface area (Å²) in [5, 5.41) is 0. The van der Waals surface area contributed by atoms with E-state index >= 15 is 0 Å². The molecule has 2 unspecified atom stereocenters. The van der Waals surface area contributed by atoms with Gasteiger partial charge in [-0.25, -0.2) is 4.79 Å². The Morgan fingerprint density at radius 1 is 1.30 bits per heavy atom. The summed E-state index contributed by atoms with van der Waals surface area (Å²) < 4.78 is 16.9. The number of hydrogen-bond acceptors (Lipinski definition) is 4. The van der Waals surface area contributed by atoms with Gasteiger partial charge in [0, 0.05) is 0 Å². The Morgan fingerprint density at radius 2 is 2.09 bits per heavy atom. The molecule has 2 rings (SSSR count). The van der Waals surface area contributed by atoms with Crippen molar-refractivity contribution in [2.45, 2.75) is 45.5 Å². The molecule has 0 aromatic heterocycles. The van der Waals surface area contributed by atoms with Gasteiger partial charge >= 0.3 is 6.09 Å². The molecule has 128 valence electrons. The highest BCUT2D eigenvalue weighted by molar-refractivity contribution is 5.67. The quantitative estimate of drug-likeness (QED) is 0.724. The van der Waals surface area contributed by atoms with Crippen molar-refractivity contribution >= 4 is 6.09 Å². The van der Waals surface area contributed by atoms with Crippen LogP contribution in [0.5, 0.6) is 0 Å². The molecule has 0 saturated carbocycles. The van der Waals surface area contributed by atoms with Gasteiger partial charge < -0.3 is 19.1 Å². The standard InChI is InChI=1S/C18H27NO4/c1-3-4-10-22-18(20)19-11-15(2)23-17(12-19)14-21-13-16-8-6-5-7-9-16/h5-9,15,17H,3-4,10-14H2,1-2H3. The Bertz CT molecular complexity index is 465. The summed E-state index contributed by atoms with van der Waals surface area (Å²) in [7, 11) is 0. The lowest BCUT2D eigenvalue weighted by Gasteiger charge is -2.36. The molecule has 0 N–H and O–H groups in total. The van der Waals surface area contributed by atoms with Crippen LogP contribution < -0.4 is 0 Å². The fraction of sp³-hybridized carbons (Fsp3) is 0.611. The minimum atomic E-state index is -0.248. The van der Waals surface area contributed by atoms with Crippen molar-refractivity contribution in [1.29, 1.82) is 0 Å². The Balaban J connectivity index is 1.75. The monoisotopic (exact) mass is 321 g/mol. The average Bonchev–Trinajstić information content (AvgIpc) is 2.55. The molecular formula is C18H27NO4. The highest BCUT2D eigenvalue weighted by atomic mass is 16.6. The van der Waals surface area contributed by atoms with Gasteiger partial charge in [-0.3, -0.25) is 0 Å². The summed E-state index contributed by atoms with van der Waals surface area (Å²) in [6, 6.07) is 10.0. The Hall–Kier alpha value is -1.59. The van der Waals surface area contributed by atoms with Crippen molar-refractivity contribution in [3.05, 3.63) is 35.9 Å². The molecule has 2 atom stereocenters. The highest BCUT2D eigenvalue weighted by Crippen LogP contribution is 2.13. The third-order valence-corrected chi connectivity index (χ3v) is 3.72. The second kappa shape index (κ2) is 9.53. The fourth-order valence-corrected chi connectivity index (χ4v) is 2.56. The molecular weight excluding hydrogens is 294 g/mol. The molecule has 1 aliphatic rings. The normalized spacial score (nSPS) is 21.2. The van der Waals surface area contributed by atoms with Crippen LogP contribution in [0.4, 0.5) is 4.79 Å². The average molecular weight is 321 g/mol. The number of ether oxygens (including phenoxy) is 3. The predicted molar refractivity (Wildman–Crippen MR) is 88.3 cm³/mol. The largest absolute Gasteiger partial charge is 0.449 e. The number of hydrogen-bond donors (Lipinski definition) is 0. The Kier molecular flexibility index (Phi) is 7.36. The molecule has 1 aliphatic heterocycles. The zero-order valence-electron chi connectivity index (χ0n) is 14.1. The lowest BCUT2D eigenvalue weighted by atomic mass is 10.2. The van der Waals surface area contributed by atoms with Gasteiger partial charge in [0.15, 0.2) is 0 Å². The maximum absolute atomic E-state index is 12.1. The van der Waals surface area contributed by atoms with E-state index < -0.39 is 0 Å². The van der Waals surface area contributed by atoms with Crippen LogP contribution >= 0.6 is 0 Å². The van der Waals surface area contributed by atoms with E-state index in [0.717, 1.165) is 18.4 Å². The van der Waals surface area contributed by atoms with E-state index in [1.807, 2.05) is 37.3 Å². The van der Waals surface area contributed by atoms with E-state index in [9.17, 15) is 4.79 Å². The maximum atomic E-state index is 12.1. The predicted octanol–water partition coefficient (Wildman–Crippen LogP) is 3.23. The van der Waals surface area contributed by atoms with Crippen LogP contribution in [0.15, 0.2) is 30.3 Å². The lowest BCUT2D eigenvalue weighted by molar-refractivity contribution is -0.104. The molecule has 0 radical (unpaired) electrons. The first-order valence-corrected chi connectivity index (χ1v) is 8.38. The molecule has 1 aromatic carbocycles. The number of morpholine rings is 1. The van der Waals surface area contributed by atoms with Crippen LogP contribution in [-0.4, -0.2) is 49.5 Å². The third-order valence-electron chi connectivity index (χ3n) is 3.72. The van der Waals surface area contributed by atoms with E-state index in [1.165, 1.54) is 0 Å². The summed E-state index contributed by atoms with van der Waals surface area (Å²) in [5.74, 6) is 0. The first-order chi connectivity index (χ1) is 11.2. The number of rotatable bonds is 7. The lowest BCUT2D eigenvalue weighted by Crippen LogP contribution is -2.50. The number of nitrogens with zero attached hydrogens (tertiary/aromatic N) is 1. The summed E-state index contributed by atoms with van der Waals surface area (Å²) in [4.78, 5) is 13.8. The summed E-state index contributed by atoms with van der Waals surface area (Å²) in [5.41, 5.74) is 1.13. The first kappa shape index (κ1) is 17.8. The van der Waals surface area contributed by atoms with Crippen LogP contribution in [-0.2, 0) is 20.8 Å². The molecule has 0 aliphatic carbocycles. The van der Waals surface area contributed by atoms with Crippen molar-refractivity contribution in [2.24, 2.45) is 0 Å². The molecule has 5 nitrogen and oxygen atoms in total. The minimum Gasteiger partial charge on any atom is -0.449 e. The zero-order chi connectivity index (χ0) is 16.5. The van der Waals surface area contributed by atoms with Gasteiger partial charge in [0.2, 0.25) is 0 Å². The molecule has 1 heterocycles. The number of carbonyl (C=O) groups excluding carboxylic acids is 1. The molecule has 0 bridgehead atoms. The summed E-state index contributed by atoms with van der Waals surface area (Å²) >= 11 is 0. The van der Waals surface area contributed by atoms with Gasteiger partial charge in [-0.15, -0.1) is 0 Å². The Labute approximate surface area is 138 Å². The summed E-state index contributed by atoms with van der Waals surface area (Å²) in [6.45, 7) is 6.63. The summed E-state index contributed by atoms with van der Waals surface area (Å²) in [6.07, 6.45) is 1.55. The zero-order valence-corrected chi connectivity index (χ0v) is 14.1. The van der Waals surface area contributed by atoms with E-state index in [0.29, 0.717) is 32.9 Å². The first-order valence-electron chi connectivity index (χ1n) is 8.38. The van der Waals surface area contributed by atoms with Crippen LogP contribution in [0.2, 0.25) is 0 Å². The topological polar surface area (TPSA) is 48.0 Å². The van der Waals surface area contributed by atoms with E-state index in [2.05, 4.69) is 6.92 Å². The molecule has 23 heavy (non-hydrogen) atoms. The van der Waals surface area contributed by atoms with Gasteiger partial charge in [-0.1, -0.05) is 43.7 Å². The smallest absolute Gasteiger partial charge is 0.409 e. The number of amides is 1. The second-order valence-corrected chi connectivity index (χ2v) is 5.94. The number of unbranched alkanes of at least 4 members (excludes halogenated alkanes) is 1. The second-order valence-electron chi connectivity index (χ2n) is 5.94. The van der Waals surface area contributed by atoms with Crippen molar-refractivity contribution in [1.82, 2.24) is 4.90 Å². The molecule has 5 heteroatoms. The molecule has 1 fully saturated rings. The van der Waals surface area contributed by atoms with Gasteiger partial charge in [0.25, 0.3) is 0 Å². The molecule has 1 amide bonds. The third kappa shape index (κ3) is 6.20. The van der Waals surface area contributed by atoms with Gasteiger partial charge in [-0.05, 0) is 18.9 Å². The minimum absolute atomic E-state index is 0.00667. The van der Waals surface area contributed by atoms with Crippen LogP contribution in [0, 0.1) is 0 Å². The molecule has 1 aromatic rings. The SMILES string of the molecule is CCCCOC(=O)N1CC(C)OC(COCc2ccccc2)C1. The Morgan fingerprint density at radius 3 is 2.83 bits per heavy atom. The molecule has 1 saturated heterocycles. The van der Waals surface area contributed by atoms with Gasteiger partial charge in [0.05, 0.1) is 45.1 Å². The van der Waals surface area contributed by atoms with Gasteiger partial charge in [0.1, 0.15) is 0 Å². The van der Waals surface area contributed by atoms with Crippen LogP contribution in [0.25, 0.3) is 0 Å². The van der Waals surface area contributed by atoms with Crippen LogP contribution in [0.1, 0.15) is 32.3 Å². The highest BCUT2D eigenvalue weighted by Gasteiger charge is 2.29. The maximum Gasteiger partial charge on any atom is 0.409 e. The number of benzene rings is 1. The van der Waals surface area contributed by atoms with Crippen molar-refractivity contribution in [3.63, 3.8) is 0 Å². The van der Waals surface area contributed by atoms with E-state index in [-0.39, 0.29) is 18.3 Å². The van der Waals surface area contributed by atoms with Crippen molar-refractivity contribution in [3.8, 4) is 0 Å².